The normalized spacial score (nSPS) is 10.2. The Labute approximate surface area is 182 Å². The van der Waals surface area contributed by atoms with E-state index >= 15 is 0 Å². The minimum absolute atomic E-state index is 0.107. The molecule has 1 aromatic heterocycles. The van der Waals surface area contributed by atoms with Crippen molar-refractivity contribution in [2.75, 3.05) is 24.9 Å². The predicted molar refractivity (Wildman–Crippen MR) is 113 cm³/mol. The van der Waals surface area contributed by atoms with E-state index in [4.69, 9.17) is 43.1 Å². The van der Waals surface area contributed by atoms with Crippen LogP contribution in [-0.2, 0) is 4.79 Å². The largest absolute Gasteiger partial charge is 0.497 e. The Hall–Kier alpha value is -3.43. The number of nitrogen functional groups attached to an aromatic ring is 1. The van der Waals surface area contributed by atoms with Crippen molar-refractivity contribution in [1.29, 1.82) is 0 Å². The van der Waals surface area contributed by atoms with Crippen molar-refractivity contribution in [3.05, 3.63) is 58.8 Å². The molecular weight excluding hydrogens is 433 g/mol. The summed E-state index contributed by atoms with van der Waals surface area (Å²) in [6.07, 6.45) is 1.24. The summed E-state index contributed by atoms with van der Waals surface area (Å²) in [5.74, 6) is 1.31. The van der Waals surface area contributed by atoms with Gasteiger partial charge in [0.2, 0.25) is 5.88 Å². The van der Waals surface area contributed by atoms with Gasteiger partial charge in [-0.2, -0.15) is 4.98 Å². The fourth-order valence-electron chi connectivity index (χ4n) is 2.22. The summed E-state index contributed by atoms with van der Waals surface area (Å²) >= 11 is 11.8. The van der Waals surface area contributed by atoms with Crippen LogP contribution in [0.2, 0.25) is 10.0 Å². The topological polar surface area (TPSA) is 121 Å². The third-order valence-electron chi connectivity index (χ3n) is 3.69. The average molecular weight is 450 g/mol. The number of halogens is 2. The standard InChI is InChI=1S/C19H17Cl2N5O4/c1-28-12-3-5-13(6-4-12)30-19-17(22)18(23-10-24-19)26-25-16(27)9-29-15-7-2-11(20)8-14(15)21/h2-8,10H,9,22H2,1H3,(H,25,27)(H,23,24,26). The lowest BCUT2D eigenvalue weighted by Gasteiger charge is -2.13. The van der Waals surface area contributed by atoms with Gasteiger partial charge in [0, 0.05) is 5.02 Å². The molecule has 11 heteroatoms. The number of hydrogen-bond donors (Lipinski definition) is 3. The van der Waals surface area contributed by atoms with Gasteiger partial charge in [0.25, 0.3) is 5.91 Å². The Morgan fingerprint density at radius 1 is 1.10 bits per heavy atom. The molecule has 0 radical (unpaired) electrons. The fourth-order valence-corrected chi connectivity index (χ4v) is 2.68. The van der Waals surface area contributed by atoms with Crippen molar-refractivity contribution in [2.45, 2.75) is 0 Å². The van der Waals surface area contributed by atoms with Crippen LogP contribution in [0, 0.1) is 0 Å². The number of hydrazine groups is 1. The number of ether oxygens (including phenoxy) is 3. The molecule has 0 atom stereocenters. The summed E-state index contributed by atoms with van der Waals surface area (Å²) in [5, 5.41) is 0.758. The summed E-state index contributed by atoms with van der Waals surface area (Å²) in [4.78, 5) is 20.0. The zero-order valence-corrected chi connectivity index (χ0v) is 17.2. The maximum atomic E-state index is 12.0. The maximum absolute atomic E-state index is 12.0. The molecule has 3 rings (SSSR count). The van der Waals surface area contributed by atoms with Gasteiger partial charge in [0.1, 0.15) is 29.3 Å². The first-order valence-corrected chi connectivity index (χ1v) is 9.27. The predicted octanol–water partition coefficient (Wildman–Crippen LogP) is 3.69. The number of carbonyl (C=O) groups excluding carboxylic acids is 1. The molecule has 30 heavy (non-hydrogen) atoms. The van der Waals surface area contributed by atoms with Gasteiger partial charge in [-0.3, -0.25) is 15.6 Å². The van der Waals surface area contributed by atoms with Gasteiger partial charge >= 0.3 is 0 Å². The molecule has 0 aliphatic carbocycles. The first-order chi connectivity index (χ1) is 14.5. The summed E-state index contributed by atoms with van der Waals surface area (Å²) in [6, 6.07) is 11.6. The Kier molecular flexibility index (Phi) is 6.99. The zero-order valence-electron chi connectivity index (χ0n) is 15.7. The van der Waals surface area contributed by atoms with Crippen molar-refractivity contribution >= 4 is 40.6 Å². The number of nitrogens with two attached hydrogens (primary N) is 1. The highest BCUT2D eigenvalue weighted by atomic mass is 35.5. The van der Waals surface area contributed by atoms with E-state index in [1.54, 1.807) is 43.5 Å². The third kappa shape index (κ3) is 5.56. The lowest BCUT2D eigenvalue weighted by molar-refractivity contribution is -0.122. The van der Waals surface area contributed by atoms with Crippen LogP contribution < -0.4 is 30.8 Å². The number of anilines is 2. The minimum atomic E-state index is -0.489. The van der Waals surface area contributed by atoms with Crippen molar-refractivity contribution in [3.8, 4) is 23.1 Å². The van der Waals surface area contributed by atoms with Crippen LogP contribution in [0.4, 0.5) is 11.5 Å². The monoisotopic (exact) mass is 449 g/mol. The molecule has 156 valence electrons. The van der Waals surface area contributed by atoms with E-state index in [1.807, 2.05) is 0 Å². The molecule has 4 N–H and O–H groups in total. The molecule has 0 saturated carbocycles. The summed E-state index contributed by atoms with van der Waals surface area (Å²) in [6.45, 7) is -0.297. The Morgan fingerprint density at radius 3 is 2.53 bits per heavy atom. The minimum Gasteiger partial charge on any atom is -0.497 e. The first kappa shape index (κ1) is 21.3. The van der Waals surface area contributed by atoms with E-state index < -0.39 is 5.91 Å². The highest BCUT2D eigenvalue weighted by Crippen LogP contribution is 2.30. The van der Waals surface area contributed by atoms with Crippen LogP contribution in [-0.4, -0.2) is 29.6 Å². The summed E-state index contributed by atoms with van der Waals surface area (Å²) in [5.41, 5.74) is 11.2. The van der Waals surface area contributed by atoms with E-state index in [0.29, 0.717) is 27.3 Å². The molecule has 0 aliphatic heterocycles. The molecule has 0 aliphatic rings. The van der Waals surface area contributed by atoms with Crippen LogP contribution in [0.3, 0.4) is 0 Å². The van der Waals surface area contributed by atoms with Gasteiger partial charge in [0.15, 0.2) is 12.4 Å². The van der Waals surface area contributed by atoms with Crippen molar-refractivity contribution < 1.29 is 19.0 Å². The van der Waals surface area contributed by atoms with E-state index in [2.05, 4.69) is 20.8 Å². The molecule has 0 unspecified atom stereocenters. The Bertz CT molecular complexity index is 1030. The second-order valence-electron chi connectivity index (χ2n) is 5.76. The average Bonchev–Trinajstić information content (AvgIpc) is 2.74. The highest BCUT2D eigenvalue weighted by Gasteiger charge is 2.12. The van der Waals surface area contributed by atoms with Crippen molar-refractivity contribution in [2.24, 2.45) is 0 Å². The van der Waals surface area contributed by atoms with Gasteiger partial charge < -0.3 is 19.9 Å². The lowest BCUT2D eigenvalue weighted by Crippen LogP contribution is -2.34. The number of nitrogens with zero attached hydrogens (tertiary/aromatic N) is 2. The number of methoxy groups -OCH3 is 1. The second-order valence-corrected chi connectivity index (χ2v) is 6.60. The number of amides is 1. The van der Waals surface area contributed by atoms with Gasteiger partial charge in [-0.05, 0) is 42.5 Å². The van der Waals surface area contributed by atoms with Crippen LogP contribution in [0.15, 0.2) is 48.8 Å². The second kappa shape index (κ2) is 9.86. The van der Waals surface area contributed by atoms with Crippen LogP contribution in [0.25, 0.3) is 0 Å². The Balaban J connectivity index is 1.57. The number of rotatable bonds is 8. The Morgan fingerprint density at radius 2 is 1.83 bits per heavy atom. The molecule has 1 heterocycles. The highest BCUT2D eigenvalue weighted by molar-refractivity contribution is 6.35. The zero-order chi connectivity index (χ0) is 21.5. The molecule has 2 aromatic carbocycles. The SMILES string of the molecule is COc1ccc(Oc2ncnc(NNC(=O)COc3ccc(Cl)cc3Cl)c2N)cc1. The number of nitrogens with one attached hydrogen (secondary N) is 2. The number of carbonyl (C=O) groups is 1. The fraction of sp³-hybridized carbons (Fsp3) is 0.105. The van der Waals surface area contributed by atoms with E-state index in [1.165, 1.54) is 12.4 Å². The van der Waals surface area contributed by atoms with Crippen molar-refractivity contribution in [1.82, 2.24) is 15.4 Å². The molecule has 0 spiro atoms. The lowest BCUT2D eigenvalue weighted by atomic mass is 10.3. The summed E-state index contributed by atoms with van der Waals surface area (Å²) in [7, 11) is 1.57. The van der Waals surface area contributed by atoms with Crippen LogP contribution in [0.5, 0.6) is 23.1 Å². The molecule has 0 saturated heterocycles. The summed E-state index contributed by atoms with van der Waals surface area (Å²) < 4.78 is 16.1. The molecular formula is C19H17Cl2N5O4. The van der Waals surface area contributed by atoms with E-state index in [0.717, 1.165) is 0 Å². The smallest absolute Gasteiger partial charge is 0.276 e. The van der Waals surface area contributed by atoms with Gasteiger partial charge in [0.05, 0.1) is 12.1 Å². The molecule has 1 amide bonds. The van der Waals surface area contributed by atoms with E-state index in [9.17, 15) is 4.79 Å². The van der Waals surface area contributed by atoms with Crippen molar-refractivity contribution in [3.63, 3.8) is 0 Å². The molecule has 0 fully saturated rings. The van der Waals surface area contributed by atoms with E-state index in [-0.39, 0.29) is 24.0 Å². The first-order valence-electron chi connectivity index (χ1n) is 8.51. The van der Waals surface area contributed by atoms with Gasteiger partial charge in [-0.25, -0.2) is 4.98 Å². The number of benzene rings is 2. The van der Waals surface area contributed by atoms with Crippen LogP contribution in [0.1, 0.15) is 0 Å². The number of hydrogen-bond acceptors (Lipinski definition) is 8. The third-order valence-corrected chi connectivity index (χ3v) is 4.22. The maximum Gasteiger partial charge on any atom is 0.276 e. The van der Waals surface area contributed by atoms with Gasteiger partial charge in [-0.1, -0.05) is 23.2 Å². The number of aromatic nitrogens is 2. The van der Waals surface area contributed by atoms with Crippen LogP contribution >= 0.6 is 23.2 Å². The quantitative estimate of drug-likeness (QED) is 0.445. The molecule has 0 bridgehead atoms. The molecule has 3 aromatic rings. The molecule has 9 nitrogen and oxygen atoms in total. The van der Waals surface area contributed by atoms with Gasteiger partial charge in [-0.15, -0.1) is 0 Å².